The molecule has 1 aromatic carbocycles. The van der Waals surface area contributed by atoms with Crippen molar-refractivity contribution in [3.8, 4) is 6.07 Å². The monoisotopic (exact) mass is 404 g/mol. The van der Waals surface area contributed by atoms with E-state index < -0.39 is 29.0 Å². The molecule has 0 saturated carbocycles. The summed E-state index contributed by atoms with van der Waals surface area (Å²) in [7, 11) is 0. The Kier molecular flexibility index (Phi) is 5.41. The Morgan fingerprint density at radius 3 is 2.79 bits per heavy atom. The van der Waals surface area contributed by atoms with E-state index in [4.69, 9.17) is 4.74 Å². The highest BCUT2D eigenvalue weighted by molar-refractivity contribution is 5.90. The van der Waals surface area contributed by atoms with Gasteiger partial charge in [-0.3, -0.25) is 9.69 Å². The SMILES string of the molecule is CC(=O)NC[C@H]1CN(c2ccc(N3CCC(O)(C#N)C(C)(C)C3)c(F)c2)C(=O)O1. The summed E-state index contributed by atoms with van der Waals surface area (Å²) < 4.78 is 20.1. The van der Waals surface area contributed by atoms with Gasteiger partial charge in [0.05, 0.1) is 30.5 Å². The lowest BCUT2D eigenvalue weighted by Crippen LogP contribution is -2.56. The third-order valence-corrected chi connectivity index (χ3v) is 5.67. The average Bonchev–Trinajstić information content (AvgIpc) is 3.03. The maximum Gasteiger partial charge on any atom is 0.414 e. The van der Waals surface area contributed by atoms with E-state index in [1.807, 2.05) is 6.07 Å². The highest BCUT2D eigenvalue weighted by Gasteiger charge is 2.48. The molecule has 156 valence electrons. The fourth-order valence-electron chi connectivity index (χ4n) is 3.75. The van der Waals surface area contributed by atoms with Crippen molar-refractivity contribution >= 4 is 23.4 Å². The molecule has 0 aromatic heterocycles. The number of nitrogens with zero attached hydrogens (tertiary/aromatic N) is 3. The first-order valence-electron chi connectivity index (χ1n) is 9.47. The van der Waals surface area contributed by atoms with Crippen molar-refractivity contribution in [1.82, 2.24) is 5.32 Å². The van der Waals surface area contributed by atoms with Gasteiger partial charge in [-0.1, -0.05) is 13.8 Å². The Morgan fingerprint density at radius 2 is 2.21 bits per heavy atom. The summed E-state index contributed by atoms with van der Waals surface area (Å²) in [4.78, 5) is 26.3. The molecule has 2 aliphatic rings. The molecule has 0 aliphatic carbocycles. The lowest BCUT2D eigenvalue weighted by Gasteiger charge is -2.47. The first kappa shape index (κ1) is 20.9. The molecule has 3 rings (SSSR count). The smallest absolute Gasteiger partial charge is 0.414 e. The molecule has 1 unspecified atom stereocenters. The molecule has 29 heavy (non-hydrogen) atoms. The number of hydrogen-bond acceptors (Lipinski definition) is 6. The maximum atomic E-state index is 14.9. The van der Waals surface area contributed by atoms with Gasteiger partial charge in [0.15, 0.2) is 5.60 Å². The van der Waals surface area contributed by atoms with E-state index in [9.17, 15) is 24.3 Å². The van der Waals surface area contributed by atoms with Gasteiger partial charge in [0.1, 0.15) is 11.9 Å². The first-order valence-corrected chi connectivity index (χ1v) is 9.47. The van der Waals surface area contributed by atoms with Gasteiger partial charge in [-0.25, -0.2) is 9.18 Å². The largest absolute Gasteiger partial charge is 0.442 e. The normalized spacial score (nSPS) is 26.1. The summed E-state index contributed by atoms with van der Waals surface area (Å²) in [6.07, 6.45) is -0.882. The third-order valence-electron chi connectivity index (χ3n) is 5.67. The summed E-state index contributed by atoms with van der Waals surface area (Å²) in [6.45, 7) is 6.01. The quantitative estimate of drug-likeness (QED) is 0.741. The number of piperidine rings is 1. The van der Waals surface area contributed by atoms with E-state index >= 15 is 0 Å². The molecule has 2 aliphatic heterocycles. The van der Waals surface area contributed by atoms with Crippen molar-refractivity contribution in [3.05, 3.63) is 24.0 Å². The van der Waals surface area contributed by atoms with Crippen molar-refractivity contribution in [2.45, 2.75) is 38.9 Å². The Bertz CT molecular complexity index is 869. The van der Waals surface area contributed by atoms with Crippen molar-refractivity contribution in [2.75, 3.05) is 36.0 Å². The van der Waals surface area contributed by atoms with Crippen LogP contribution in [-0.2, 0) is 9.53 Å². The molecular weight excluding hydrogens is 379 g/mol. The number of nitriles is 1. The topological polar surface area (TPSA) is 106 Å². The molecule has 2 atom stereocenters. The van der Waals surface area contributed by atoms with Crippen molar-refractivity contribution < 1.29 is 23.8 Å². The summed E-state index contributed by atoms with van der Waals surface area (Å²) in [6, 6.07) is 6.48. The zero-order valence-corrected chi connectivity index (χ0v) is 16.7. The van der Waals surface area contributed by atoms with Crippen LogP contribution < -0.4 is 15.1 Å². The zero-order chi connectivity index (χ0) is 21.4. The molecular formula is C20H25FN4O4. The second-order valence-electron chi connectivity index (χ2n) is 8.22. The average molecular weight is 404 g/mol. The number of rotatable bonds is 4. The van der Waals surface area contributed by atoms with Gasteiger partial charge in [0.25, 0.3) is 0 Å². The maximum absolute atomic E-state index is 14.9. The third kappa shape index (κ3) is 3.98. The van der Waals surface area contributed by atoms with E-state index in [0.717, 1.165) is 0 Å². The number of amides is 2. The van der Waals surface area contributed by atoms with Crippen LogP contribution in [0.1, 0.15) is 27.2 Å². The fourth-order valence-corrected chi connectivity index (χ4v) is 3.75. The number of anilines is 2. The molecule has 8 nitrogen and oxygen atoms in total. The standard InChI is InChI=1S/C20H25FN4O4/c1-13(26)23-9-15-10-25(18(27)29-15)14-4-5-17(16(21)8-14)24-7-6-20(28,11-22)19(2,3)12-24/h4-5,8,15,28H,6-7,9-10,12H2,1-3H3,(H,23,26)/t15-,20?/m0/s1. The van der Waals surface area contributed by atoms with Gasteiger partial charge in [-0.05, 0) is 18.2 Å². The van der Waals surface area contributed by atoms with Gasteiger partial charge in [0, 0.05) is 31.8 Å². The number of nitrogens with one attached hydrogen (secondary N) is 1. The van der Waals surface area contributed by atoms with Gasteiger partial charge < -0.3 is 20.1 Å². The van der Waals surface area contributed by atoms with Crippen LogP contribution in [0.4, 0.5) is 20.6 Å². The van der Waals surface area contributed by atoms with Crippen LogP contribution in [0, 0.1) is 22.6 Å². The predicted molar refractivity (Wildman–Crippen MR) is 104 cm³/mol. The van der Waals surface area contributed by atoms with Crippen molar-refractivity contribution in [3.63, 3.8) is 0 Å². The Hall–Kier alpha value is -2.86. The minimum Gasteiger partial charge on any atom is -0.442 e. The van der Waals surface area contributed by atoms with Gasteiger partial charge in [-0.2, -0.15) is 5.26 Å². The Morgan fingerprint density at radius 1 is 1.48 bits per heavy atom. The number of halogens is 1. The van der Waals surface area contributed by atoms with Crippen LogP contribution in [-0.4, -0.2) is 55.0 Å². The fraction of sp³-hybridized carbons (Fsp3) is 0.550. The number of benzene rings is 1. The van der Waals surface area contributed by atoms with Crippen LogP contribution in [0.5, 0.6) is 0 Å². The molecule has 2 N–H and O–H groups in total. The van der Waals surface area contributed by atoms with E-state index in [2.05, 4.69) is 5.32 Å². The van der Waals surface area contributed by atoms with E-state index in [1.165, 1.54) is 17.9 Å². The second kappa shape index (κ2) is 7.52. The minimum atomic E-state index is -1.46. The summed E-state index contributed by atoms with van der Waals surface area (Å²) in [5, 5.41) is 22.4. The predicted octanol–water partition coefficient (Wildman–Crippen LogP) is 1.78. The number of cyclic esters (lactones) is 1. The number of ether oxygens (including phenoxy) is 1. The summed E-state index contributed by atoms with van der Waals surface area (Å²) >= 11 is 0. The minimum absolute atomic E-state index is 0.197. The van der Waals surface area contributed by atoms with Gasteiger partial charge in [0.2, 0.25) is 5.91 Å². The summed E-state index contributed by atoms with van der Waals surface area (Å²) in [5.41, 5.74) is -1.47. The van der Waals surface area contributed by atoms with Crippen molar-refractivity contribution in [1.29, 1.82) is 5.26 Å². The first-order chi connectivity index (χ1) is 13.6. The molecule has 0 spiro atoms. The molecule has 2 fully saturated rings. The van der Waals surface area contributed by atoms with Gasteiger partial charge in [-0.15, -0.1) is 0 Å². The molecule has 2 amide bonds. The molecule has 1 aromatic rings. The molecule has 9 heteroatoms. The lowest BCUT2D eigenvalue weighted by molar-refractivity contribution is -0.119. The van der Waals surface area contributed by atoms with Crippen LogP contribution in [0.2, 0.25) is 0 Å². The molecule has 0 radical (unpaired) electrons. The zero-order valence-electron chi connectivity index (χ0n) is 16.7. The van der Waals surface area contributed by atoms with Crippen LogP contribution in [0.25, 0.3) is 0 Å². The van der Waals surface area contributed by atoms with Gasteiger partial charge >= 0.3 is 6.09 Å². The Labute approximate surface area is 168 Å². The highest BCUT2D eigenvalue weighted by Crippen LogP contribution is 2.40. The lowest BCUT2D eigenvalue weighted by atomic mass is 9.71. The van der Waals surface area contributed by atoms with Crippen LogP contribution in [0.15, 0.2) is 18.2 Å². The molecule has 0 bridgehead atoms. The Balaban J connectivity index is 1.74. The number of carbonyl (C=O) groups is 2. The van der Waals surface area contributed by atoms with E-state index in [-0.39, 0.29) is 25.4 Å². The summed E-state index contributed by atoms with van der Waals surface area (Å²) in [5.74, 6) is -0.721. The second-order valence-corrected chi connectivity index (χ2v) is 8.22. The van der Waals surface area contributed by atoms with E-state index in [1.54, 1.807) is 30.9 Å². The molecule has 2 saturated heterocycles. The van der Waals surface area contributed by atoms with Crippen molar-refractivity contribution in [2.24, 2.45) is 5.41 Å². The van der Waals surface area contributed by atoms with Crippen LogP contribution >= 0.6 is 0 Å². The van der Waals surface area contributed by atoms with Crippen LogP contribution in [0.3, 0.4) is 0 Å². The number of hydrogen-bond donors (Lipinski definition) is 2. The number of aliphatic hydroxyl groups is 1. The number of carbonyl (C=O) groups excluding carboxylic acids is 2. The molecule has 2 heterocycles. The van der Waals surface area contributed by atoms with E-state index in [0.29, 0.717) is 24.5 Å². The highest BCUT2D eigenvalue weighted by atomic mass is 19.1.